The highest BCUT2D eigenvalue weighted by Gasteiger charge is 2.21. The molecule has 4 nitrogen and oxygen atoms in total. The third kappa shape index (κ3) is 5.47. The SMILES string of the molecule is c1ccc(-c2cc(-c3ccccc3)cc(-c3cc(-c4ccccc4)nc(-c4ccc(-c5ccc6c(c5)oc5ccccc56)c5c4oc4ccccc45)n3)c2)cc1. The van der Waals surface area contributed by atoms with Crippen molar-refractivity contribution in [3.63, 3.8) is 0 Å². The molecular weight excluding hydrogens is 685 g/mol. The first-order valence-corrected chi connectivity index (χ1v) is 18.8. The third-order valence-corrected chi connectivity index (χ3v) is 10.7. The Labute approximate surface area is 323 Å². The fraction of sp³-hybridized carbons (Fsp3) is 0. The topological polar surface area (TPSA) is 52.1 Å². The van der Waals surface area contributed by atoms with Gasteiger partial charge in [-0.3, -0.25) is 0 Å². The van der Waals surface area contributed by atoms with Gasteiger partial charge in [-0.25, -0.2) is 9.97 Å². The first-order valence-electron chi connectivity index (χ1n) is 18.8. The van der Waals surface area contributed by atoms with E-state index in [1.54, 1.807) is 0 Å². The maximum Gasteiger partial charge on any atom is 0.164 e. The smallest absolute Gasteiger partial charge is 0.164 e. The summed E-state index contributed by atoms with van der Waals surface area (Å²) in [5, 5.41) is 4.26. The zero-order chi connectivity index (χ0) is 37.0. The van der Waals surface area contributed by atoms with Gasteiger partial charge in [-0.05, 0) is 88.0 Å². The average Bonchev–Trinajstić information content (AvgIpc) is 3.85. The van der Waals surface area contributed by atoms with Crippen LogP contribution in [0.5, 0.6) is 0 Å². The Hall–Kier alpha value is -7.56. The van der Waals surface area contributed by atoms with Crippen LogP contribution in [0.15, 0.2) is 203 Å². The van der Waals surface area contributed by atoms with Gasteiger partial charge in [0, 0.05) is 32.7 Å². The van der Waals surface area contributed by atoms with Crippen LogP contribution in [0, 0.1) is 0 Å². The molecule has 262 valence electrons. The van der Waals surface area contributed by atoms with Crippen LogP contribution in [0.3, 0.4) is 0 Å². The molecule has 0 bridgehead atoms. The van der Waals surface area contributed by atoms with E-state index in [0.29, 0.717) is 5.82 Å². The van der Waals surface area contributed by atoms with E-state index in [0.717, 1.165) is 105 Å². The molecule has 0 unspecified atom stereocenters. The van der Waals surface area contributed by atoms with Crippen LogP contribution in [0.4, 0.5) is 0 Å². The first-order chi connectivity index (χ1) is 27.7. The summed E-state index contributed by atoms with van der Waals surface area (Å²) in [6.45, 7) is 0. The lowest BCUT2D eigenvalue weighted by Crippen LogP contribution is -1.97. The van der Waals surface area contributed by atoms with Crippen LogP contribution in [-0.2, 0) is 0 Å². The van der Waals surface area contributed by atoms with Crippen molar-refractivity contribution in [2.45, 2.75) is 0 Å². The fourth-order valence-electron chi connectivity index (χ4n) is 7.98. The van der Waals surface area contributed by atoms with E-state index in [-0.39, 0.29) is 0 Å². The molecule has 0 aliphatic carbocycles. The minimum atomic E-state index is 0.594. The van der Waals surface area contributed by atoms with Gasteiger partial charge in [0.2, 0.25) is 0 Å². The summed E-state index contributed by atoms with van der Waals surface area (Å²) in [6.07, 6.45) is 0. The molecule has 8 aromatic carbocycles. The number of benzene rings is 8. The van der Waals surface area contributed by atoms with Gasteiger partial charge >= 0.3 is 0 Å². The predicted octanol–water partition coefficient (Wildman–Crippen LogP) is 14.3. The summed E-state index contributed by atoms with van der Waals surface area (Å²) in [7, 11) is 0. The molecule has 0 saturated carbocycles. The molecular formula is C52H32N2O2. The van der Waals surface area contributed by atoms with Crippen LogP contribution in [0.25, 0.3) is 111 Å². The lowest BCUT2D eigenvalue weighted by atomic mass is 9.94. The number of para-hydroxylation sites is 2. The Morgan fingerprint density at radius 1 is 0.304 bits per heavy atom. The average molecular weight is 717 g/mol. The predicted molar refractivity (Wildman–Crippen MR) is 229 cm³/mol. The molecule has 0 atom stereocenters. The highest BCUT2D eigenvalue weighted by Crippen LogP contribution is 2.43. The third-order valence-electron chi connectivity index (χ3n) is 10.7. The van der Waals surface area contributed by atoms with Gasteiger partial charge in [0.15, 0.2) is 5.82 Å². The summed E-state index contributed by atoms with van der Waals surface area (Å²) in [5.74, 6) is 0.594. The normalized spacial score (nSPS) is 11.6. The van der Waals surface area contributed by atoms with E-state index in [1.807, 2.05) is 48.5 Å². The van der Waals surface area contributed by atoms with Gasteiger partial charge in [0.05, 0.1) is 17.0 Å². The van der Waals surface area contributed by atoms with Crippen LogP contribution in [0.1, 0.15) is 0 Å². The molecule has 0 fully saturated rings. The van der Waals surface area contributed by atoms with Crippen molar-refractivity contribution in [2.24, 2.45) is 0 Å². The second-order valence-electron chi connectivity index (χ2n) is 14.1. The first kappa shape index (κ1) is 31.9. The van der Waals surface area contributed by atoms with Crippen LogP contribution in [-0.4, -0.2) is 9.97 Å². The number of hydrogen-bond acceptors (Lipinski definition) is 4. The van der Waals surface area contributed by atoms with E-state index in [1.165, 1.54) is 0 Å². The van der Waals surface area contributed by atoms with Crippen molar-refractivity contribution in [1.82, 2.24) is 9.97 Å². The Morgan fingerprint density at radius 3 is 1.50 bits per heavy atom. The number of hydrogen-bond donors (Lipinski definition) is 0. The summed E-state index contributed by atoms with van der Waals surface area (Å²) in [6, 6.07) is 67.3. The monoisotopic (exact) mass is 716 g/mol. The summed E-state index contributed by atoms with van der Waals surface area (Å²) < 4.78 is 13.1. The van der Waals surface area contributed by atoms with Crippen LogP contribution < -0.4 is 0 Å². The number of furan rings is 2. The number of fused-ring (bicyclic) bond motifs is 6. The van der Waals surface area contributed by atoms with Gasteiger partial charge in [-0.1, -0.05) is 140 Å². The van der Waals surface area contributed by atoms with E-state index in [9.17, 15) is 0 Å². The van der Waals surface area contributed by atoms with Gasteiger partial charge in [-0.2, -0.15) is 0 Å². The van der Waals surface area contributed by atoms with E-state index in [2.05, 4.69) is 146 Å². The molecule has 0 aliphatic heterocycles. The molecule has 0 amide bonds. The van der Waals surface area contributed by atoms with E-state index >= 15 is 0 Å². The molecule has 0 saturated heterocycles. The lowest BCUT2D eigenvalue weighted by Gasteiger charge is -2.14. The molecule has 11 aromatic rings. The maximum atomic E-state index is 6.78. The Morgan fingerprint density at radius 2 is 0.821 bits per heavy atom. The van der Waals surface area contributed by atoms with Crippen molar-refractivity contribution in [3.8, 4) is 67.3 Å². The van der Waals surface area contributed by atoms with Crippen molar-refractivity contribution in [3.05, 3.63) is 194 Å². The highest BCUT2D eigenvalue weighted by molar-refractivity contribution is 6.17. The van der Waals surface area contributed by atoms with Gasteiger partial charge in [-0.15, -0.1) is 0 Å². The molecule has 0 aliphatic rings. The van der Waals surface area contributed by atoms with E-state index < -0.39 is 0 Å². The minimum absolute atomic E-state index is 0.594. The van der Waals surface area contributed by atoms with Crippen molar-refractivity contribution >= 4 is 43.9 Å². The highest BCUT2D eigenvalue weighted by atomic mass is 16.3. The summed E-state index contributed by atoms with van der Waals surface area (Å²) in [5.41, 5.74) is 14.4. The second-order valence-corrected chi connectivity index (χ2v) is 14.1. The molecule has 3 heterocycles. The molecule has 0 radical (unpaired) electrons. The molecule has 11 rings (SSSR count). The van der Waals surface area contributed by atoms with Crippen molar-refractivity contribution in [2.75, 3.05) is 0 Å². The van der Waals surface area contributed by atoms with Crippen molar-refractivity contribution < 1.29 is 8.83 Å². The van der Waals surface area contributed by atoms with Crippen LogP contribution in [0.2, 0.25) is 0 Å². The Kier molecular flexibility index (Phi) is 7.46. The fourth-order valence-corrected chi connectivity index (χ4v) is 7.98. The molecule has 0 spiro atoms. The number of nitrogens with zero attached hydrogens (tertiary/aromatic N) is 2. The van der Waals surface area contributed by atoms with Crippen molar-refractivity contribution in [1.29, 1.82) is 0 Å². The lowest BCUT2D eigenvalue weighted by molar-refractivity contribution is 0.668. The minimum Gasteiger partial charge on any atom is -0.456 e. The maximum absolute atomic E-state index is 6.78. The summed E-state index contributed by atoms with van der Waals surface area (Å²) >= 11 is 0. The Bertz CT molecular complexity index is 3180. The molecule has 4 heteroatoms. The quantitative estimate of drug-likeness (QED) is 0.172. The Balaban J connectivity index is 1.14. The standard InChI is InChI=1S/C52H32N2O2/c1-4-14-33(15-5-1)37-28-38(34-16-6-2-7-17-34)30-39(29-37)46-32-45(35-18-8-3-9-19-35)53-52(54-46)44-27-26-40(50-43-21-11-13-23-48(43)56-51(44)50)36-24-25-42-41-20-10-12-22-47(41)55-49(42)31-36/h1-32H. The zero-order valence-electron chi connectivity index (χ0n) is 30.2. The van der Waals surface area contributed by atoms with Gasteiger partial charge < -0.3 is 8.83 Å². The summed E-state index contributed by atoms with van der Waals surface area (Å²) in [4.78, 5) is 10.6. The van der Waals surface area contributed by atoms with Gasteiger partial charge in [0.25, 0.3) is 0 Å². The molecule has 3 aromatic heterocycles. The van der Waals surface area contributed by atoms with Gasteiger partial charge in [0.1, 0.15) is 22.3 Å². The van der Waals surface area contributed by atoms with E-state index in [4.69, 9.17) is 18.8 Å². The van der Waals surface area contributed by atoms with Crippen LogP contribution >= 0.6 is 0 Å². The zero-order valence-corrected chi connectivity index (χ0v) is 30.2. The largest absolute Gasteiger partial charge is 0.456 e. The molecule has 56 heavy (non-hydrogen) atoms. The number of rotatable bonds is 6. The number of aromatic nitrogens is 2. The second kappa shape index (κ2) is 13.1. The molecule has 0 N–H and O–H groups in total.